The van der Waals surface area contributed by atoms with Crippen molar-refractivity contribution in [2.75, 3.05) is 7.11 Å². The van der Waals surface area contributed by atoms with Gasteiger partial charge in [0, 0.05) is 12.6 Å². The largest absolute Gasteiger partial charge is 0.504 e. The van der Waals surface area contributed by atoms with Crippen LogP contribution in [-0.4, -0.2) is 12.2 Å². The average Bonchev–Trinajstić information content (AvgIpc) is 2.54. The summed E-state index contributed by atoms with van der Waals surface area (Å²) in [6, 6.07) is 14.6. The molecule has 0 radical (unpaired) electrons. The summed E-state index contributed by atoms with van der Waals surface area (Å²) in [6.07, 6.45) is 3.58. The SMILES string of the molecule is COc1cc(CNC2CCCc3ccccc32)ccc1O. The molecule has 3 nitrogen and oxygen atoms in total. The van der Waals surface area contributed by atoms with E-state index in [4.69, 9.17) is 4.74 Å². The molecule has 0 saturated carbocycles. The Hall–Kier alpha value is -2.00. The molecule has 2 aromatic rings. The summed E-state index contributed by atoms with van der Waals surface area (Å²) in [7, 11) is 1.57. The molecule has 0 bridgehead atoms. The summed E-state index contributed by atoms with van der Waals surface area (Å²) in [5.41, 5.74) is 4.01. The summed E-state index contributed by atoms with van der Waals surface area (Å²) in [5.74, 6) is 0.711. The first-order chi connectivity index (χ1) is 10.3. The summed E-state index contributed by atoms with van der Waals surface area (Å²) in [4.78, 5) is 0. The molecular formula is C18H21NO2. The van der Waals surface area contributed by atoms with Crippen molar-refractivity contribution < 1.29 is 9.84 Å². The fourth-order valence-corrected chi connectivity index (χ4v) is 3.04. The monoisotopic (exact) mass is 283 g/mol. The fraction of sp³-hybridized carbons (Fsp3) is 0.333. The molecule has 0 amide bonds. The highest BCUT2D eigenvalue weighted by atomic mass is 16.5. The Bertz CT molecular complexity index is 624. The molecule has 0 saturated heterocycles. The Labute approximate surface area is 125 Å². The van der Waals surface area contributed by atoms with Crippen LogP contribution in [0.2, 0.25) is 0 Å². The van der Waals surface area contributed by atoms with Crippen LogP contribution in [-0.2, 0) is 13.0 Å². The van der Waals surface area contributed by atoms with Gasteiger partial charge in [-0.05, 0) is 48.1 Å². The number of aromatic hydroxyl groups is 1. The number of phenolic OH excluding ortho intramolecular Hbond substituents is 1. The Morgan fingerprint density at radius 1 is 1.24 bits per heavy atom. The first kappa shape index (κ1) is 14.0. The molecule has 0 fully saturated rings. The van der Waals surface area contributed by atoms with Crippen LogP contribution in [0.4, 0.5) is 0 Å². The average molecular weight is 283 g/mol. The lowest BCUT2D eigenvalue weighted by molar-refractivity contribution is 0.372. The van der Waals surface area contributed by atoms with Gasteiger partial charge >= 0.3 is 0 Å². The van der Waals surface area contributed by atoms with Crippen LogP contribution >= 0.6 is 0 Å². The van der Waals surface area contributed by atoms with Crippen molar-refractivity contribution in [3.8, 4) is 11.5 Å². The third kappa shape index (κ3) is 3.03. The van der Waals surface area contributed by atoms with Crippen molar-refractivity contribution in [2.45, 2.75) is 31.8 Å². The number of methoxy groups -OCH3 is 1. The molecule has 1 aliphatic rings. The molecule has 3 heteroatoms. The molecule has 0 heterocycles. The smallest absolute Gasteiger partial charge is 0.160 e. The molecule has 0 aromatic heterocycles. The zero-order valence-corrected chi connectivity index (χ0v) is 12.3. The van der Waals surface area contributed by atoms with Gasteiger partial charge in [-0.3, -0.25) is 0 Å². The maximum atomic E-state index is 9.64. The third-order valence-corrected chi connectivity index (χ3v) is 4.17. The number of ether oxygens (including phenoxy) is 1. The van der Waals surface area contributed by atoms with Crippen LogP contribution in [0, 0.1) is 0 Å². The number of aryl methyl sites for hydroxylation is 1. The number of rotatable bonds is 4. The maximum absolute atomic E-state index is 9.64. The minimum atomic E-state index is 0.185. The first-order valence-corrected chi connectivity index (χ1v) is 7.45. The van der Waals surface area contributed by atoms with E-state index in [1.54, 1.807) is 13.2 Å². The quantitative estimate of drug-likeness (QED) is 0.901. The minimum absolute atomic E-state index is 0.185. The summed E-state index contributed by atoms with van der Waals surface area (Å²) in [5, 5.41) is 13.3. The standard InChI is InChI=1S/C18H21NO2/c1-21-18-11-13(9-10-17(18)20)12-19-16-8-4-6-14-5-2-3-7-15(14)16/h2-3,5,7,9-11,16,19-20H,4,6,8,12H2,1H3. The van der Waals surface area contributed by atoms with Gasteiger partial charge in [-0.2, -0.15) is 0 Å². The molecule has 3 rings (SSSR count). The number of benzene rings is 2. The summed E-state index contributed by atoms with van der Waals surface area (Å²) < 4.78 is 5.16. The second-order valence-corrected chi connectivity index (χ2v) is 5.53. The van der Waals surface area contributed by atoms with Gasteiger partial charge in [0.25, 0.3) is 0 Å². The zero-order chi connectivity index (χ0) is 14.7. The van der Waals surface area contributed by atoms with E-state index >= 15 is 0 Å². The van der Waals surface area contributed by atoms with Crippen molar-refractivity contribution in [3.05, 3.63) is 59.2 Å². The molecule has 1 unspecified atom stereocenters. The molecule has 1 atom stereocenters. The molecule has 0 aliphatic heterocycles. The van der Waals surface area contributed by atoms with E-state index in [2.05, 4.69) is 29.6 Å². The number of fused-ring (bicyclic) bond motifs is 1. The van der Waals surface area contributed by atoms with E-state index in [9.17, 15) is 5.11 Å². The van der Waals surface area contributed by atoms with Crippen molar-refractivity contribution >= 4 is 0 Å². The lowest BCUT2D eigenvalue weighted by Gasteiger charge is -2.26. The van der Waals surface area contributed by atoms with E-state index in [-0.39, 0.29) is 5.75 Å². The fourth-order valence-electron chi connectivity index (χ4n) is 3.04. The normalized spacial score (nSPS) is 17.3. The van der Waals surface area contributed by atoms with Gasteiger partial charge in [-0.1, -0.05) is 30.3 Å². The summed E-state index contributed by atoms with van der Waals surface area (Å²) in [6.45, 7) is 0.773. The van der Waals surface area contributed by atoms with Gasteiger partial charge in [-0.25, -0.2) is 0 Å². The Balaban J connectivity index is 1.71. The lowest BCUT2D eigenvalue weighted by Crippen LogP contribution is -2.24. The Morgan fingerprint density at radius 3 is 2.95 bits per heavy atom. The number of phenols is 1. The van der Waals surface area contributed by atoms with Crippen LogP contribution in [0.15, 0.2) is 42.5 Å². The summed E-state index contributed by atoms with van der Waals surface area (Å²) >= 11 is 0. The number of hydrogen-bond donors (Lipinski definition) is 2. The van der Waals surface area contributed by atoms with Gasteiger partial charge in [-0.15, -0.1) is 0 Å². The number of hydrogen-bond acceptors (Lipinski definition) is 3. The molecule has 2 N–H and O–H groups in total. The van der Waals surface area contributed by atoms with E-state index < -0.39 is 0 Å². The van der Waals surface area contributed by atoms with Crippen molar-refractivity contribution in [2.24, 2.45) is 0 Å². The predicted molar refractivity (Wildman–Crippen MR) is 83.6 cm³/mol. The maximum Gasteiger partial charge on any atom is 0.160 e. The second kappa shape index (κ2) is 6.19. The van der Waals surface area contributed by atoms with Crippen LogP contribution in [0.3, 0.4) is 0 Å². The van der Waals surface area contributed by atoms with Crippen molar-refractivity contribution in [3.63, 3.8) is 0 Å². The van der Waals surface area contributed by atoms with Gasteiger partial charge in [0.15, 0.2) is 11.5 Å². The highest BCUT2D eigenvalue weighted by molar-refractivity contribution is 5.41. The van der Waals surface area contributed by atoms with Gasteiger partial charge < -0.3 is 15.2 Å². The van der Waals surface area contributed by atoms with Crippen LogP contribution in [0.1, 0.15) is 35.6 Å². The molecule has 110 valence electrons. The van der Waals surface area contributed by atoms with E-state index in [1.807, 2.05) is 12.1 Å². The topological polar surface area (TPSA) is 41.5 Å². The van der Waals surface area contributed by atoms with E-state index in [0.29, 0.717) is 11.8 Å². The van der Waals surface area contributed by atoms with Crippen LogP contribution in [0.5, 0.6) is 11.5 Å². The van der Waals surface area contributed by atoms with E-state index in [1.165, 1.54) is 30.4 Å². The highest BCUT2D eigenvalue weighted by Crippen LogP contribution is 2.30. The molecule has 21 heavy (non-hydrogen) atoms. The van der Waals surface area contributed by atoms with Gasteiger partial charge in [0.05, 0.1) is 7.11 Å². The van der Waals surface area contributed by atoms with Crippen molar-refractivity contribution in [1.82, 2.24) is 5.32 Å². The highest BCUT2D eigenvalue weighted by Gasteiger charge is 2.19. The lowest BCUT2D eigenvalue weighted by atomic mass is 9.87. The van der Waals surface area contributed by atoms with Crippen LogP contribution in [0.25, 0.3) is 0 Å². The van der Waals surface area contributed by atoms with Gasteiger partial charge in [0.1, 0.15) is 0 Å². The molecule has 2 aromatic carbocycles. The molecule has 0 spiro atoms. The molecular weight excluding hydrogens is 262 g/mol. The zero-order valence-electron chi connectivity index (χ0n) is 12.3. The van der Waals surface area contributed by atoms with Crippen LogP contribution < -0.4 is 10.1 Å². The Morgan fingerprint density at radius 2 is 2.10 bits per heavy atom. The number of nitrogens with one attached hydrogen (secondary N) is 1. The second-order valence-electron chi connectivity index (χ2n) is 5.53. The Kier molecular flexibility index (Phi) is 4.11. The third-order valence-electron chi connectivity index (χ3n) is 4.17. The van der Waals surface area contributed by atoms with Gasteiger partial charge in [0.2, 0.25) is 0 Å². The minimum Gasteiger partial charge on any atom is -0.504 e. The first-order valence-electron chi connectivity index (χ1n) is 7.45. The molecule has 1 aliphatic carbocycles. The van der Waals surface area contributed by atoms with Crippen molar-refractivity contribution in [1.29, 1.82) is 0 Å². The van der Waals surface area contributed by atoms with E-state index in [0.717, 1.165) is 12.1 Å². The predicted octanol–water partition coefficient (Wildman–Crippen LogP) is 3.57.